The van der Waals surface area contributed by atoms with Gasteiger partial charge in [0, 0.05) is 15.7 Å². The number of aliphatic carboxylic acids is 2. The topological polar surface area (TPSA) is 133 Å². The van der Waals surface area contributed by atoms with Gasteiger partial charge in [0.2, 0.25) is 0 Å². The Hall–Kier alpha value is -3.29. The minimum Gasteiger partial charge on any atom is -0.483 e. The molecule has 1 fully saturated rings. The number of anilines is 1. The van der Waals surface area contributed by atoms with Crippen molar-refractivity contribution in [2.75, 3.05) is 11.9 Å². The number of carbonyl (C=O) groups is 4. The molecule has 2 amide bonds. The molecule has 1 aliphatic heterocycles. The largest absolute Gasteiger partial charge is 0.483 e. The number of thioether (sulfide) groups is 1. The van der Waals surface area contributed by atoms with E-state index in [1.165, 1.54) is 30.3 Å². The van der Waals surface area contributed by atoms with E-state index in [-0.39, 0.29) is 21.6 Å². The molecule has 182 valence electrons. The first kappa shape index (κ1) is 26.3. The van der Waals surface area contributed by atoms with Crippen LogP contribution in [0.15, 0.2) is 51.8 Å². The lowest BCUT2D eigenvalue weighted by atomic mass is 10.1. The zero-order chi connectivity index (χ0) is 25.7. The number of carboxylic acid groups (broad SMARTS) is 2. The van der Waals surface area contributed by atoms with Crippen LogP contribution in [-0.4, -0.2) is 55.8 Å². The molecule has 13 heteroatoms. The maximum absolute atomic E-state index is 13.0. The lowest BCUT2D eigenvalue weighted by Crippen LogP contribution is -2.45. The van der Waals surface area contributed by atoms with Crippen molar-refractivity contribution < 1.29 is 38.5 Å². The van der Waals surface area contributed by atoms with E-state index in [2.05, 4.69) is 21.2 Å². The molecule has 2 aromatic rings. The van der Waals surface area contributed by atoms with Crippen LogP contribution in [0.2, 0.25) is 0 Å². The summed E-state index contributed by atoms with van der Waals surface area (Å²) in [6, 6.07) is 8.38. The van der Waals surface area contributed by atoms with Gasteiger partial charge in [0.25, 0.3) is 11.8 Å². The van der Waals surface area contributed by atoms with Crippen LogP contribution in [0.25, 0.3) is 6.08 Å². The molecule has 9 nitrogen and oxygen atoms in total. The number of nitrogens with one attached hydrogen (secondary N) is 1. The normalized spacial score (nSPS) is 15.3. The number of nitrogens with zero attached hydrogens (tertiary/aromatic N) is 1. The first-order valence-corrected chi connectivity index (χ1v) is 11.8. The van der Waals surface area contributed by atoms with E-state index in [1.54, 1.807) is 18.2 Å². The van der Waals surface area contributed by atoms with Crippen molar-refractivity contribution in [1.82, 2.24) is 4.90 Å². The van der Waals surface area contributed by atoms with Crippen molar-refractivity contribution in [3.63, 3.8) is 0 Å². The lowest BCUT2D eigenvalue weighted by molar-refractivity contribution is -0.150. The second kappa shape index (κ2) is 11.4. The molecule has 0 bridgehead atoms. The van der Waals surface area contributed by atoms with Crippen molar-refractivity contribution in [2.24, 2.45) is 0 Å². The lowest BCUT2D eigenvalue weighted by Gasteiger charge is -2.21. The molecule has 1 saturated heterocycles. The van der Waals surface area contributed by atoms with Crippen molar-refractivity contribution in [3.05, 3.63) is 63.2 Å². The van der Waals surface area contributed by atoms with Crippen LogP contribution < -0.4 is 10.1 Å². The van der Waals surface area contributed by atoms with E-state index in [9.17, 15) is 28.7 Å². The number of hydrogen-bond donors (Lipinski definition) is 3. The molecule has 35 heavy (non-hydrogen) atoms. The molecular weight excluding hydrogens is 567 g/mol. The highest BCUT2D eigenvalue weighted by molar-refractivity contribution is 9.10. The maximum Gasteiger partial charge on any atom is 0.327 e. The van der Waals surface area contributed by atoms with E-state index in [0.717, 1.165) is 16.7 Å². The minimum absolute atomic E-state index is 0.0605. The zero-order valence-corrected chi connectivity index (χ0v) is 20.8. The number of ether oxygens (including phenoxy) is 1. The summed E-state index contributed by atoms with van der Waals surface area (Å²) < 4.78 is 19.2. The fourth-order valence-corrected chi connectivity index (χ4v) is 4.71. The highest BCUT2D eigenvalue weighted by Gasteiger charge is 2.41. The fraction of sp³-hybridized carbons (Fsp3) is 0.136. The van der Waals surface area contributed by atoms with Gasteiger partial charge >= 0.3 is 11.9 Å². The third kappa shape index (κ3) is 6.87. The molecule has 1 atom stereocenters. The Balaban J connectivity index is 1.78. The number of benzene rings is 2. The van der Waals surface area contributed by atoms with Crippen LogP contribution >= 0.6 is 39.9 Å². The Kier molecular flexibility index (Phi) is 8.59. The van der Waals surface area contributed by atoms with Crippen LogP contribution in [0.5, 0.6) is 5.75 Å². The predicted molar refractivity (Wildman–Crippen MR) is 133 cm³/mol. The molecule has 1 heterocycles. The minimum atomic E-state index is -1.65. The van der Waals surface area contributed by atoms with Gasteiger partial charge in [0.1, 0.15) is 21.9 Å². The Labute approximate surface area is 216 Å². The molecule has 0 spiro atoms. The van der Waals surface area contributed by atoms with Gasteiger partial charge in [-0.15, -0.1) is 0 Å². The summed E-state index contributed by atoms with van der Waals surface area (Å²) in [5.41, 5.74) is 0.772. The summed E-state index contributed by atoms with van der Waals surface area (Å²) in [6.07, 6.45) is 0.598. The molecule has 0 radical (unpaired) electrons. The standard InChI is InChI=1S/C22H16BrFN2O7S2/c23-12-1-6-16(33-10-18(27)25-14-4-2-13(24)3-5-14)11(7-12)8-17-20(30)26(22(34)35-17)15(21(31)32)9-19(28)29/h1-8,15H,9-10H2,(H,25,27)(H,28,29)(H,31,32)/b17-8-. The number of hydrogen-bond acceptors (Lipinski definition) is 7. The second-order valence-electron chi connectivity index (χ2n) is 7.03. The van der Waals surface area contributed by atoms with Gasteiger partial charge in [-0.25, -0.2) is 9.18 Å². The molecule has 1 aliphatic rings. The second-order valence-corrected chi connectivity index (χ2v) is 9.62. The van der Waals surface area contributed by atoms with Crippen LogP contribution in [-0.2, 0) is 19.2 Å². The maximum atomic E-state index is 13.0. The molecular formula is C22H16BrFN2O7S2. The van der Waals surface area contributed by atoms with Gasteiger partial charge in [-0.05, 0) is 48.5 Å². The molecule has 0 aromatic heterocycles. The average molecular weight is 583 g/mol. The first-order chi connectivity index (χ1) is 16.5. The number of amides is 2. The first-order valence-electron chi connectivity index (χ1n) is 9.74. The summed E-state index contributed by atoms with van der Waals surface area (Å²) in [5.74, 6) is -4.35. The zero-order valence-electron chi connectivity index (χ0n) is 17.6. The summed E-state index contributed by atoms with van der Waals surface area (Å²) in [4.78, 5) is 48.5. The van der Waals surface area contributed by atoms with Crippen molar-refractivity contribution >= 4 is 79.7 Å². The quantitative estimate of drug-likeness (QED) is 0.298. The van der Waals surface area contributed by atoms with Crippen LogP contribution in [0.3, 0.4) is 0 Å². The van der Waals surface area contributed by atoms with Gasteiger partial charge in [0.15, 0.2) is 6.61 Å². The van der Waals surface area contributed by atoms with E-state index in [4.69, 9.17) is 22.1 Å². The van der Waals surface area contributed by atoms with Crippen LogP contribution in [0, 0.1) is 5.82 Å². The van der Waals surface area contributed by atoms with Crippen molar-refractivity contribution in [3.8, 4) is 5.75 Å². The molecule has 3 rings (SSSR count). The fourth-order valence-electron chi connectivity index (χ4n) is 2.98. The predicted octanol–water partition coefficient (Wildman–Crippen LogP) is 3.73. The van der Waals surface area contributed by atoms with Crippen molar-refractivity contribution in [1.29, 1.82) is 0 Å². The highest BCUT2D eigenvalue weighted by Crippen LogP contribution is 2.36. The third-order valence-corrected chi connectivity index (χ3v) is 6.36. The van der Waals surface area contributed by atoms with E-state index in [0.29, 0.717) is 15.7 Å². The number of rotatable bonds is 9. The van der Waals surface area contributed by atoms with Gasteiger partial charge in [-0.1, -0.05) is 39.9 Å². The summed E-state index contributed by atoms with van der Waals surface area (Å²) in [5, 5.41) is 21.0. The molecule has 2 aromatic carbocycles. The van der Waals surface area contributed by atoms with Gasteiger partial charge in [-0.3, -0.25) is 19.3 Å². The molecule has 0 saturated carbocycles. The number of carboxylic acids is 2. The van der Waals surface area contributed by atoms with Crippen LogP contribution in [0.4, 0.5) is 10.1 Å². The highest BCUT2D eigenvalue weighted by atomic mass is 79.9. The monoisotopic (exact) mass is 582 g/mol. The third-order valence-electron chi connectivity index (χ3n) is 4.53. The van der Waals surface area contributed by atoms with Gasteiger partial charge in [-0.2, -0.15) is 0 Å². The number of thiocarbonyl (C=S) groups is 1. The Morgan fingerprint density at radius 2 is 1.89 bits per heavy atom. The van der Waals surface area contributed by atoms with Gasteiger partial charge in [0.05, 0.1) is 11.3 Å². The molecule has 1 unspecified atom stereocenters. The van der Waals surface area contributed by atoms with E-state index in [1.807, 2.05) is 0 Å². The van der Waals surface area contributed by atoms with Crippen LogP contribution in [0.1, 0.15) is 12.0 Å². The average Bonchev–Trinajstić information content (AvgIpc) is 3.05. The van der Waals surface area contributed by atoms with E-state index < -0.39 is 42.0 Å². The Bertz CT molecular complexity index is 1240. The summed E-state index contributed by atoms with van der Waals surface area (Å²) in [7, 11) is 0. The smallest absolute Gasteiger partial charge is 0.327 e. The number of carbonyl (C=O) groups excluding carboxylic acids is 2. The molecule has 3 N–H and O–H groups in total. The van der Waals surface area contributed by atoms with Crippen molar-refractivity contribution in [2.45, 2.75) is 12.5 Å². The Morgan fingerprint density at radius 1 is 1.20 bits per heavy atom. The molecule has 0 aliphatic carbocycles. The Morgan fingerprint density at radius 3 is 2.51 bits per heavy atom. The summed E-state index contributed by atoms with van der Waals surface area (Å²) in [6.45, 7) is -0.388. The SMILES string of the molecule is O=C(O)CC(C(=O)O)N1C(=O)/C(=C/c2cc(Br)ccc2OCC(=O)Nc2ccc(F)cc2)SC1=S. The number of halogens is 2. The van der Waals surface area contributed by atoms with Gasteiger partial charge < -0.3 is 20.3 Å². The van der Waals surface area contributed by atoms with E-state index >= 15 is 0 Å². The summed E-state index contributed by atoms with van der Waals surface area (Å²) >= 11 is 9.27.